The molecule has 18 heavy (non-hydrogen) atoms. The Morgan fingerprint density at radius 1 is 0.944 bits per heavy atom. The van der Waals surface area contributed by atoms with Gasteiger partial charge in [-0.05, 0) is 42.4 Å². The molecule has 2 N–H and O–H groups in total. The molecule has 1 nitrogen and oxygen atoms in total. The summed E-state index contributed by atoms with van der Waals surface area (Å²) in [4.78, 5) is 0. The van der Waals surface area contributed by atoms with Crippen LogP contribution in [-0.2, 0) is 18.4 Å². The first-order valence-corrected chi connectivity index (χ1v) is 6.69. The van der Waals surface area contributed by atoms with Crippen LogP contribution in [0.3, 0.4) is 0 Å². The molecule has 0 fully saturated rings. The van der Waals surface area contributed by atoms with Crippen LogP contribution in [-0.4, -0.2) is 0 Å². The van der Waals surface area contributed by atoms with E-state index in [2.05, 4.69) is 54.6 Å². The van der Waals surface area contributed by atoms with Crippen molar-refractivity contribution in [2.24, 2.45) is 5.73 Å². The van der Waals surface area contributed by atoms with Crippen LogP contribution in [0.1, 0.15) is 29.5 Å². The molecule has 0 bridgehead atoms. The van der Waals surface area contributed by atoms with Gasteiger partial charge < -0.3 is 5.73 Å². The summed E-state index contributed by atoms with van der Waals surface area (Å²) < 4.78 is 0. The van der Waals surface area contributed by atoms with Gasteiger partial charge in [0.1, 0.15) is 0 Å². The molecule has 1 aliphatic carbocycles. The number of hydrogen-bond donors (Lipinski definition) is 1. The highest BCUT2D eigenvalue weighted by atomic mass is 14.8. The third kappa shape index (κ3) is 2.06. The summed E-state index contributed by atoms with van der Waals surface area (Å²) in [6.45, 7) is 0. The average Bonchev–Trinajstić information content (AvgIpc) is 2.77. The lowest BCUT2D eigenvalue weighted by Gasteiger charge is -2.25. The highest BCUT2D eigenvalue weighted by Crippen LogP contribution is 2.37. The summed E-state index contributed by atoms with van der Waals surface area (Å²) in [5, 5.41) is 0. The lowest BCUT2D eigenvalue weighted by Crippen LogP contribution is -2.34. The fraction of sp³-hybridized carbons (Fsp3) is 0.294. The molecule has 1 heteroatoms. The second kappa shape index (κ2) is 4.58. The van der Waals surface area contributed by atoms with Crippen LogP contribution in [0.4, 0.5) is 0 Å². The molecule has 2 aromatic carbocycles. The van der Waals surface area contributed by atoms with Crippen LogP contribution in [0, 0.1) is 0 Å². The van der Waals surface area contributed by atoms with Crippen LogP contribution in [0.25, 0.3) is 0 Å². The van der Waals surface area contributed by atoms with Crippen molar-refractivity contribution in [1.29, 1.82) is 0 Å². The first kappa shape index (κ1) is 11.5. The fourth-order valence-electron chi connectivity index (χ4n) is 2.99. The zero-order valence-corrected chi connectivity index (χ0v) is 10.6. The monoisotopic (exact) mass is 237 g/mol. The van der Waals surface area contributed by atoms with Gasteiger partial charge in [-0.25, -0.2) is 0 Å². The van der Waals surface area contributed by atoms with Gasteiger partial charge >= 0.3 is 0 Å². The zero-order valence-electron chi connectivity index (χ0n) is 10.6. The molecular weight excluding hydrogens is 218 g/mol. The third-order valence-electron chi connectivity index (χ3n) is 4.10. The number of aryl methyl sites for hydroxylation is 2. The fourth-order valence-corrected chi connectivity index (χ4v) is 2.99. The Balaban J connectivity index is 1.77. The van der Waals surface area contributed by atoms with E-state index < -0.39 is 0 Å². The molecule has 0 aliphatic heterocycles. The minimum Gasteiger partial charge on any atom is -0.321 e. The van der Waals surface area contributed by atoms with E-state index in [9.17, 15) is 0 Å². The molecule has 0 radical (unpaired) electrons. The van der Waals surface area contributed by atoms with E-state index >= 15 is 0 Å². The minimum atomic E-state index is -0.119. The standard InChI is InChI=1S/C17H19N/c18-17(12-10-14-6-2-1-3-7-14)13-11-15-8-4-5-9-16(15)17/h1-9H,10-13,18H2. The molecular formula is C17H19N. The number of hydrogen-bond acceptors (Lipinski definition) is 1. The van der Waals surface area contributed by atoms with E-state index in [1.165, 1.54) is 16.7 Å². The molecule has 1 atom stereocenters. The lowest BCUT2D eigenvalue weighted by molar-refractivity contribution is 0.407. The molecule has 92 valence electrons. The van der Waals surface area contributed by atoms with Gasteiger partial charge in [0.05, 0.1) is 0 Å². The maximum Gasteiger partial charge on any atom is 0.0418 e. The van der Waals surface area contributed by atoms with E-state index in [1.54, 1.807) is 0 Å². The molecule has 1 unspecified atom stereocenters. The van der Waals surface area contributed by atoms with Crippen LogP contribution in [0.15, 0.2) is 54.6 Å². The number of fused-ring (bicyclic) bond motifs is 1. The van der Waals surface area contributed by atoms with Gasteiger partial charge in [-0.2, -0.15) is 0 Å². The molecule has 0 spiro atoms. The molecule has 0 heterocycles. The van der Waals surface area contributed by atoms with Crippen LogP contribution in [0.2, 0.25) is 0 Å². The van der Waals surface area contributed by atoms with Crippen molar-refractivity contribution in [3.05, 3.63) is 71.3 Å². The summed E-state index contributed by atoms with van der Waals surface area (Å²) in [5.41, 5.74) is 10.7. The van der Waals surface area contributed by atoms with Gasteiger partial charge in [0.15, 0.2) is 0 Å². The Hall–Kier alpha value is -1.60. The van der Waals surface area contributed by atoms with Crippen LogP contribution in [0.5, 0.6) is 0 Å². The van der Waals surface area contributed by atoms with E-state index in [0.717, 1.165) is 25.7 Å². The summed E-state index contributed by atoms with van der Waals surface area (Å²) in [6, 6.07) is 19.3. The predicted octanol–water partition coefficient (Wildman–Crippen LogP) is 3.42. The van der Waals surface area contributed by atoms with Crippen LogP contribution < -0.4 is 5.73 Å². The maximum atomic E-state index is 6.62. The molecule has 0 saturated carbocycles. The maximum absolute atomic E-state index is 6.62. The smallest absolute Gasteiger partial charge is 0.0418 e. The third-order valence-corrected chi connectivity index (χ3v) is 4.10. The van der Waals surface area contributed by atoms with Gasteiger partial charge in [-0.3, -0.25) is 0 Å². The van der Waals surface area contributed by atoms with Crippen molar-refractivity contribution in [3.63, 3.8) is 0 Å². The predicted molar refractivity (Wildman–Crippen MR) is 75.4 cm³/mol. The second-order valence-electron chi connectivity index (χ2n) is 5.30. The Morgan fingerprint density at radius 3 is 2.50 bits per heavy atom. The first-order valence-electron chi connectivity index (χ1n) is 6.69. The van der Waals surface area contributed by atoms with Crippen molar-refractivity contribution in [2.75, 3.05) is 0 Å². The van der Waals surface area contributed by atoms with Crippen molar-refractivity contribution in [2.45, 2.75) is 31.2 Å². The highest BCUT2D eigenvalue weighted by molar-refractivity contribution is 5.38. The summed E-state index contributed by atoms with van der Waals surface area (Å²) in [7, 11) is 0. The summed E-state index contributed by atoms with van der Waals surface area (Å²) in [6.07, 6.45) is 4.31. The van der Waals surface area contributed by atoms with Crippen molar-refractivity contribution < 1.29 is 0 Å². The Kier molecular flexibility index (Phi) is 2.92. The molecule has 1 aliphatic rings. The van der Waals surface area contributed by atoms with Gasteiger partial charge in [0.2, 0.25) is 0 Å². The van der Waals surface area contributed by atoms with E-state index in [-0.39, 0.29) is 5.54 Å². The normalized spacial score (nSPS) is 21.8. The Labute approximate surface area is 109 Å². The SMILES string of the molecule is NC1(CCc2ccccc2)CCc2ccccc21. The van der Waals surface area contributed by atoms with Crippen molar-refractivity contribution in [3.8, 4) is 0 Å². The molecule has 0 aromatic heterocycles. The largest absolute Gasteiger partial charge is 0.321 e. The summed E-state index contributed by atoms with van der Waals surface area (Å²) >= 11 is 0. The van der Waals surface area contributed by atoms with E-state index in [4.69, 9.17) is 5.73 Å². The Bertz CT molecular complexity index is 532. The number of nitrogens with two attached hydrogens (primary N) is 1. The molecule has 0 saturated heterocycles. The molecule has 2 aromatic rings. The molecule has 0 amide bonds. The summed E-state index contributed by atoms with van der Waals surface area (Å²) in [5.74, 6) is 0. The van der Waals surface area contributed by atoms with Crippen molar-refractivity contribution >= 4 is 0 Å². The topological polar surface area (TPSA) is 26.0 Å². The van der Waals surface area contributed by atoms with Gasteiger partial charge in [-0.1, -0.05) is 54.6 Å². The second-order valence-corrected chi connectivity index (χ2v) is 5.30. The highest BCUT2D eigenvalue weighted by Gasteiger charge is 2.33. The average molecular weight is 237 g/mol. The van der Waals surface area contributed by atoms with Crippen LogP contribution >= 0.6 is 0 Å². The van der Waals surface area contributed by atoms with E-state index in [0.29, 0.717) is 0 Å². The van der Waals surface area contributed by atoms with Gasteiger partial charge in [0, 0.05) is 5.54 Å². The quantitative estimate of drug-likeness (QED) is 0.869. The van der Waals surface area contributed by atoms with Gasteiger partial charge in [-0.15, -0.1) is 0 Å². The first-order chi connectivity index (χ1) is 8.78. The number of rotatable bonds is 3. The van der Waals surface area contributed by atoms with Gasteiger partial charge in [0.25, 0.3) is 0 Å². The zero-order chi connectivity index (χ0) is 12.4. The lowest BCUT2D eigenvalue weighted by atomic mass is 9.87. The molecule has 3 rings (SSSR count). The minimum absolute atomic E-state index is 0.119. The van der Waals surface area contributed by atoms with E-state index in [1.807, 2.05) is 0 Å². The number of benzene rings is 2. The Morgan fingerprint density at radius 2 is 1.67 bits per heavy atom. The van der Waals surface area contributed by atoms with Crippen molar-refractivity contribution in [1.82, 2.24) is 0 Å².